The average molecular weight is 458 g/mol. The van der Waals surface area contributed by atoms with Gasteiger partial charge in [0.05, 0.1) is 11.7 Å². The molecule has 0 saturated carbocycles. The van der Waals surface area contributed by atoms with Crippen molar-refractivity contribution in [1.82, 2.24) is 20.4 Å². The van der Waals surface area contributed by atoms with Gasteiger partial charge in [-0.2, -0.15) is 10.2 Å². The van der Waals surface area contributed by atoms with Crippen LogP contribution >= 0.6 is 0 Å². The van der Waals surface area contributed by atoms with E-state index in [0.717, 1.165) is 31.5 Å². The third-order valence-corrected chi connectivity index (χ3v) is 6.66. The zero-order chi connectivity index (χ0) is 23.5. The van der Waals surface area contributed by atoms with Gasteiger partial charge >= 0.3 is 0 Å². The van der Waals surface area contributed by atoms with E-state index in [1.807, 2.05) is 19.9 Å². The summed E-state index contributed by atoms with van der Waals surface area (Å²) in [6.45, 7) is 8.47. The minimum absolute atomic E-state index is 0.00772. The third kappa shape index (κ3) is 4.70. The van der Waals surface area contributed by atoms with Gasteiger partial charge in [0.15, 0.2) is 0 Å². The molecule has 5 rings (SSSR count). The molecule has 2 aliphatic rings. The molecule has 1 aromatic heterocycles. The molecule has 34 heavy (non-hydrogen) atoms. The van der Waals surface area contributed by atoms with Crippen LogP contribution in [0.5, 0.6) is 5.75 Å². The molecule has 1 N–H and O–H groups in total. The van der Waals surface area contributed by atoms with E-state index in [9.17, 15) is 5.26 Å². The number of nitrogens with zero attached hydrogens (tertiary/aromatic N) is 4. The first-order chi connectivity index (χ1) is 16.6. The Kier molecular flexibility index (Phi) is 6.61. The summed E-state index contributed by atoms with van der Waals surface area (Å²) in [7, 11) is 0. The van der Waals surface area contributed by atoms with Crippen molar-refractivity contribution in [3.05, 3.63) is 53.1 Å². The zero-order valence-electron chi connectivity index (χ0n) is 19.9. The summed E-state index contributed by atoms with van der Waals surface area (Å²) in [4.78, 5) is 7.22. The molecular weight excluding hydrogens is 426 g/mol. The maximum absolute atomic E-state index is 9.53. The molecule has 3 aromatic rings. The van der Waals surface area contributed by atoms with Gasteiger partial charge in [-0.25, -0.2) is 0 Å². The van der Waals surface area contributed by atoms with Crippen LogP contribution in [0.1, 0.15) is 55.8 Å². The number of benzene rings is 2. The van der Waals surface area contributed by atoms with Crippen LogP contribution in [-0.2, 0) is 6.42 Å². The maximum atomic E-state index is 9.53. The second kappa shape index (κ2) is 9.96. The molecule has 7 heteroatoms. The van der Waals surface area contributed by atoms with Crippen molar-refractivity contribution in [2.45, 2.75) is 51.7 Å². The second-order valence-corrected chi connectivity index (χ2v) is 9.38. The normalized spacial score (nSPS) is 17.8. The van der Waals surface area contributed by atoms with Crippen molar-refractivity contribution in [3.63, 3.8) is 0 Å². The molecule has 2 aromatic carbocycles. The van der Waals surface area contributed by atoms with Crippen molar-refractivity contribution in [3.8, 4) is 34.7 Å². The first kappa shape index (κ1) is 22.6. The van der Waals surface area contributed by atoms with Crippen LogP contribution < -0.4 is 10.1 Å². The molecule has 1 saturated heterocycles. The summed E-state index contributed by atoms with van der Waals surface area (Å²) in [6.07, 6.45) is 4.73. The average Bonchev–Trinajstić information content (AvgIpc) is 3.60. The van der Waals surface area contributed by atoms with Gasteiger partial charge in [-0.05, 0) is 81.9 Å². The highest BCUT2D eigenvalue weighted by Gasteiger charge is 2.26. The molecule has 1 aliphatic heterocycles. The standard InChI is InChI=1S/C27H31N5O2/c1-18(2)33-25-11-8-19(16-20(25)17-28)27-30-26(31-34-27)23-7-5-6-22-21(23)9-10-24(22)29-12-15-32-13-3-4-14-32/h5-8,11,16,18,24,29H,3-4,9-10,12-15H2,1-2H3. The van der Waals surface area contributed by atoms with Crippen molar-refractivity contribution in [1.29, 1.82) is 5.26 Å². The molecule has 1 fully saturated rings. The minimum Gasteiger partial charge on any atom is -0.490 e. The van der Waals surface area contributed by atoms with E-state index in [1.165, 1.54) is 37.1 Å². The van der Waals surface area contributed by atoms with Gasteiger partial charge in [0.2, 0.25) is 5.82 Å². The summed E-state index contributed by atoms with van der Waals surface area (Å²) >= 11 is 0. The maximum Gasteiger partial charge on any atom is 0.258 e. The van der Waals surface area contributed by atoms with Crippen LogP contribution in [0.3, 0.4) is 0 Å². The van der Waals surface area contributed by atoms with E-state index in [4.69, 9.17) is 9.26 Å². The number of ether oxygens (including phenoxy) is 1. The SMILES string of the molecule is CC(C)Oc1ccc(-c2nc(-c3cccc4c3CCC4NCCN3CCCC3)no2)cc1C#N. The van der Waals surface area contributed by atoms with Crippen LogP contribution in [0.15, 0.2) is 40.9 Å². The summed E-state index contributed by atoms with van der Waals surface area (Å²) in [5.41, 5.74) is 4.82. The number of hydrogen-bond donors (Lipinski definition) is 1. The summed E-state index contributed by atoms with van der Waals surface area (Å²) < 4.78 is 11.3. The number of hydrogen-bond acceptors (Lipinski definition) is 7. The third-order valence-electron chi connectivity index (χ3n) is 6.66. The van der Waals surface area contributed by atoms with Gasteiger partial charge in [0, 0.05) is 30.3 Å². The Hall–Kier alpha value is -3.21. The number of aromatic nitrogens is 2. The van der Waals surface area contributed by atoms with Crippen molar-refractivity contribution < 1.29 is 9.26 Å². The highest BCUT2D eigenvalue weighted by molar-refractivity contribution is 5.67. The number of likely N-dealkylation sites (tertiary alicyclic amines) is 1. The lowest BCUT2D eigenvalue weighted by molar-refractivity contribution is 0.241. The first-order valence-corrected chi connectivity index (χ1v) is 12.2. The van der Waals surface area contributed by atoms with Crippen LogP contribution in [-0.4, -0.2) is 47.3 Å². The Labute approximate surface area is 200 Å². The Morgan fingerprint density at radius 2 is 2.09 bits per heavy atom. The monoisotopic (exact) mass is 457 g/mol. The highest BCUT2D eigenvalue weighted by atomic mass is 16.5. The minimum atomic E-state index is -0.00772. The smallest absolute Gasteiger partial charge is 0.258 e. The molecule has 2 heterocycles. The molecule has 0 spiro atoms. The van der Waals surface area contributed by atoms with Gasteiger partial charge in [0.25, 0.3) is 5.89 Å². The highest BCUT2D eigenvalue weighted by Crippen LogP contribution is 2.37. The van der Waals surface area contributed by atoms with Crippen LogP contribution in [0.4, 0.5) is 0 Å². The predicted molar refractivity (Wildman–Crippen MR) is 130 cm³/mol. The van der Waals surface area contributed by atoms with Crippen LogP contribution in [0.2, 0.25) is 0 Å². The fourth-order valence-corrected chi connectivity index (χ4v) is 5.04. The van der Waals surface area contributed by atoms with E-state index >= 15 is 0 Å². The lowest BCUT2D eigenvalue weighted by Gasteiger charge is -2.18. The molecule has 1 atom stereocenters. The molecular formula is C27H31N5O2. The number of rotatable bonds is 8. The molecule has 1 aliphatic carbocycles. The fourth-order valence-electron chi connectivity index (χ4n) is 5.04. The van der Waals surface area contributed by atoms with E-state index < -0.39 is 0 Å². The van der Waals surface area contributed by atoms with E-state index in [0.29, 0.717) is 34.6 Å². The largest absolute Gasteiger partial charge is 0.490 e. The Balaban J connectivity index is 1.33. The Morgan fingerprint density at radius 1 is 1.24 bits per heavy atom. The molecule has 7 nitrogen and oxygen atoms in total. The second-order valence-electron chi connectivity index (χ2n) is 9.38. The molecule has 0 bridgehead atoms. The number of nitriles is 1. The van der Waals surface area contributed by atoms with Crippen LogP contribution in [0.25, 0.3) is 22.8 Å². The van der Waals surface area contributed by atoms with E-state index in [2.05, 4.69) is 44.6 Å². The number of fused-ring (bicyclic) bond motifs is 1. The summed E-state index contributed by atoms with van der Waals surface area (Å²) in [5, 5.41) is 17.6. The van der Waals surface area contributed by atoms with Gasteiger partial charge in [0.1, 0.15) is 11.8 Å². The van der Waals surface area contributed by atoms with Gasteiger partial charge < -0.3 is 19.5 Å². The van der Waals surface area contributed by atoms with E-state index in [-0.39, 0.29) is 6.10 Å². The predicted octanol–water partition coefficient (Wildman–Crippen LogP) is 4.74. The molecule has 0 amide bonds. The van der Waals surface area contributed by atoms with Crippen molar-refractivity contribution >= 4 is 0 Å². The van der Waals surface area contributed by atoms with Gasteiger partial charge in [-0.1, -0.05) is 23.4 Å². The van der Waals surface area contributed by atoms with E-state index in [1.54, 1.807) is 12.1 Å². The first-order valence-electron chi connectivity index (χ1n) is 12.2. The summed E-state index contributed by atoms with van der Waals surface area (Å²) in [5.74, 6) is 1.55. The van der Waals surface area contributed by atoms with Gasteiger partial charge in [-0.15, -0.1) is 0 Å². The van der Waals surface area contributed by atoms with Crippen molar-refractivity contribution in [2.24, 2.45) is 0 Å². The zero-order valence-corrected chi connectivity index (χ0v) is 19.9. The van der Waals surface area contributed by atoms with Crippen LogP contribution in [0, 0.1) is 11.3 Å². The van der Waals surface area contributed by atoms with Crippen molar-refractivity contribution in [2.75, 3.05) is 26.2 Å². The Morgan fingerprint density at radius 3 is 2.88 bits per heavy atom. The lowest BCUT2D eigenvalue weighted by Crippen LogP contribution is -2.31. The topological polar surface area (TPSA) is 87.2 Å². The number of nitrogens with one attached hydrogen (secondary N) is 1. The molecule has 1 unspecified atom stereocenters. The summed E-state index contributed by atoms with van der Waals surface area (Å²) in [6, 6.07) is 14.3. The molecule has 0 radical (unpaired) electrons. The fraction of sp³-hybridized carbons (Fsp3) is 0.444. The lowest BCUT2D eigenvalue weighted by atomic mass is 10.0. The molecule has 176 valence electrons. The quantitative estimate of drug-likeness (QED) is 0.523. The van der Waals surface area contributed by atoms with Gasteiger partial charge in [-0.3, -0.25) is 0 Å². The Bertz CT molecular complexity index is 1190.